The van der Waals surface area contributed by atoms with E-state index in [-0.39, 0.29) is 11.1 Å². The number of aromatic nitrogens is 2. The smallest absolute Gasteiger partial charge is 0.293 e. The van der Waals surface area contributed by atoms with Crippen molar-refractivity contribution in [3.8, 4) is 0 Å². The lowest BCUT2D eigenvalue weighted by Gasteiger charge is -2.50. The topological polar surface area (TPSA) is 50.2 Å². The van der Waals surface area contributed by atoms with Gasteiger partial charge in [0.05, 0.1) is 5.54 Å². The van der Waals surface area contributed by atoms with E-state index >= 15 is 0 Å². The summed E-state index contributed by atoms with van der Waals surface area (Å²) in [7, 11) is 0. The second-order valence-corrected chi connectivity index (χ2v) is 6.36. The molecule has 3 rings (SSSR count). The first-order valence-electron chi connectivity index (χ1n) is 8.31. The minimum absolute atomic E-state index is 0.0752. The summed E-state index contributed by atoms with van der Waals surface area (Å²) < 4.78 is 1.81. The molecule has 0 atom stereocenters. The molecule has 2 aliphatic rings. The van der Waals surface area contributed by atoms with Crippen LogP contribution in [0.15, 0.2) is 17.2 Å². The normalized spacial score (nSPS) is 21.7. The molecule has 1 saturated carbocycles. The highest BCUT2D eigenvalue weighted by Crippen LogP contribution is 2.35. The van der Waals surface area contributed by atoms with Crippen molar-refractivity contribution in [3.05, 3.63) is 22.7 Å². The number of aryl methyl sites for hydroxylation is 1. The number of hydrogen-bond donors (Lipinski definition) is 1. The molecule has 1 aliphatic carbocycles. The van der Waals surface area contributed by atoms with Gasteiger partial charge in [-0.25, -0.2) is 4.98 Å². The second-order valence-electron chi connectivity index (χ2n) is 6.36. The summed E-state index contributed by atoms with van der Waals surface area (Å²) in [6, 6.07) is 0. The Kier molecular flexibility index (Phi) is 4.29. The summed E-state index contributed by atoms with van der Waals surface area (Å²) in [6.07, 6.45) is 10.7. The lowest BCUT2D eigenvalue weighted by Crippen LogP contribution is -2.63. The zero-order chi connectivity index (χ0) is 14.7. The zero-order valence-electron chi connectivity index (χ0n) is 13.0. The van der Waals surface area contributed by atoms with Gasteiger partial charge in [0.25, 0.3) is 5.56 Å². The van der Waals surface area contributed by atoms with E-state index in [9.17, 15) is 4.79 Å². The van der Waals surface area contributed by atoms with Crippen LogP contribution in [0.3, 0.4) is 0 Å². The number of anilines is 1. The van der Waals surface area contributed by atoms with Crippen molar-refractivity contribution in [2.45, 2.75) is 57.5 Å². The summed E-state index contributed by atoms with van der Waals surface area (Å²) in [4.78, 5) is 19.5. The summed E-state index contributed by atoms with van der Waals surface area (Å²) in [5.74, 6) is 0.661. The Morgan fingerprint density at radius 1 is 1.33 bits per heavy atom. The van der Waals surface area contributed by atoms with E-state index in [1.807, 2.05) is 6.20 Å². The Morgan fingerprint density at radius 3 is 2.90 bits per heavy atom. The highest BCUT2D eigenvalue weighted by molar-refractivity contribution is 5.42. The van der Waals surface area contributed by atoms with Crippen molar-refractivity contribution in [2.75, 3.05) is 24.5 Å². The highest BCUT2D eigenvalue weighted by Gasteiger charge is 2.41. The van der Waals surface area contributed by atoms with Gasteiger partial charge in [0.15, 0.2) is 5.82 Å². The van der Waals surface area contributed by atoms with Crippen LogP contribution in [-0.2, 0) is 6.54 Å². The van der Waals surface area contributed by atoms with Crippen LogP contribution >= 0.6 is 0 Å². The van der Waals surface area contributed by atoms with E-state index in [4.69, 9.17) is 0 Å². The maximum atomic E-state index is 12.7. The number of nitrogens with one attached hydrogen (secondary N) is 1. The Hall–Kier alpha value is -1.36. The molecular weight excluding hydrogens is 264 g/mol. The fourth-order valence-corrected chi connectivity index (χ4v) is 3.87. The van der Waals surface area contributed by atoms with Crippen molar-refractivity contribution in [1.82, 2.24) is 14.9 Å². The van der Waals surface area contributed by atoms with Crippen LogP contribution < -0.4 is 15.8 Å². The Bertz CT molecular complexity index is 525. The lowest BCUT2D eigenvalue weighted by atomic mass is 9.79. The highest BCUT2D eigenvalue weighted by atomic mass is 16.1. The van der Waals surface area contributed by atoms with Crippen molar-refractivity contribution >= 4 is 5.82 Å². The zero-order valence-corrected chi connectivity index (χ0v) is 13.0. The van der Waals surface area contributed by atoms with Crippen LogP contribution in [0.2, 0.25) is 0 Å². The minimum Gasteiger partial charge on any atom is -0.344 e. The maximum absolute atomic E-state index is 12.7. The standard InChI is InChI=1S/C16H26N4O/c1-2-10-19-11-9-18-14(15(19)21)20-12-8-17-13-16(20)6-4-3-5-7-16/h9,11,17H,2-8,10,12-13H2,1H3. The maximum Gasteiger partial charge on any atom is 0.293 e. The summed E-state index contributed by atoms with van der Waals surface area (Å²) in [5.41, 5.74) is 0.180. The molecule has 1 spiro atoms. The first-order valence-corrected chi connectivity index (χ1v) is 8.31. The first-order chi connectivity index (χ1) is 10.3. The van der Waals surface area contributed by atoms with Crippen LogP contribution in [0.1, 0.15) is 45.4 Å². The van der Waals surface area contributed by atoms with Gasteiger partial charge in [-0.3, -0.25) is 4.79 Å². The van der Waals surface area contributed by atoms with Crippen LogP contribution in [0.25, 0.3) is 0 Å². The van der Waals surface area contributed by atoms with Crippen LogP contribution in [-0.4, -0.2) is 34.7 Å². The van der Waals surface area contributed by atoms with Crippen molar-refractivity contribution in [3.63, 3.8) is 0 Å². The monoisotopic (exact) mass is 290 g/mol. The largest absolute Gasteiger partial charge is 0.344 e. The van der Waals surface area contributed by atoms with Gasteiger partial charge in [-0.1, -0.05) is 26.2 Å². The molecule has 0 aromatic carbocycles. The average Bonchev–Trinajstić information content (AvgIpc) is 2.51. The summed E-state index contributed by atoms with van der Waals surface area (Å²) >= 11 is 0. The molecule has 1 saturated heterocycles. The minimum atomic E-state index is 0.0752. The second kappa shape index (κ2) is 6.18. The summed E-state index contributed by atoms with van der Waals surface area (Å²) in [6.45, 7) is 5.67. The van der Waals surface area contributed by atoms with E-state index in [0.717, 1.165) is 32.6 Å². The van der Waals surface area contributed by atoms with Gasteiger partial charge in [0.2, 0.25) is 0 Å². The van der Waals surface area contributed by atoms with Gasteiger partial charge < -0.3 is 14.8 Å². The van der Waals surface area contributed by atoms with E-state index < -0.39 is 0 Å². The van der Waals surface area contributed by atoms with E-state index in [0.29, 0.717) is 5.82 Å². The van der Waals surface area contributed by atoms with E-state index in [1.165, 1.54) is 32.1 Å². The predicted molar refractivity (Wildman–Crippen MR) is 84.8 cm³/mol. The molecule has 21 heavy (non-hydrogen) atoms. The molecule has 1 aromatic rings. The molecule has 116 valence electrons. The lowest BCUT2D eigenvalue weighted by molar-refractivity contribution is 0.239. The number of nitrogens with zero attached hydrogens (tertiary/aromatic N) is 3. The van der Waals surface area contributed by atoms with Crippen molar-refractivity contribution < 1.29 is 0 Å². The molecule has 2 heterocycles. The number of rotatable bonds is 3. The Morgan fingerprint density at radius 2 is 2.14 bits per heavy atom. The SMILES string of the molecule is CCCn1ccnc(N2CCNCC23CCCCC3)c1=O. The first kappa shape index (κ1) is 14.6. The van der Waals surface area contributed by atoms with Gasteiger partial charge >= 0.3 is 0 Å². The molecule has 0 amide bonds. The number of piperazine rings is 1. The van der Waals surface area contributed by atoms with Gasteiger partial charge in [0, 0.05) is 38.6 Å². The molecular formula is C16H26N4O. The summed E-state index contributed by atoms with van der Waals surface area (Å²) in [5, 5.41) is 3.53. The molecule has 0 radical (unpaired) electrons. The average molecular weight is 290 g/mol. The molecule has 5 nitrogen and oxygen atoms in total. The van der Waals surface area contributed by atoms with Gasteiger partial charge in [-0.05, 0) is 19.3 Å². The van der Waals surface area contributed by atoms with E-state index in [1.54, 1.807) is 10.8 Å². The third-order valence-electron chi connectivity index (χ3n) is 4.94. The third kappa shape index (κ3) is 2.71. The van der Waals surface area contributed by atoms with Gasteiger partial charge in [0.1, 0.15) is 0 Å². The Labute approximate surface area is 126 Å². The molecule has 5 heteroatoms. The molecule has 0 bridgehead atoms. The quantitative estimate of drug-likeness (QED) is 0.921. The third-order valence-corrected chi connectivity index (χ3v) is 4.94. The van der Waals surface area contributed by atoms with Crippen molar-refractivity contribution in [1.29, 1.82) is 0 Å². The molecule has 0 unspecified atom stereocenters. The van der Waals surface area contributed by atoms with Crippen LogP contribution in [0.4, 0.5) is 5.82 Å². The predicted octanol–water partition coefficient (Wildman–Crippen LogP) is 1.77. The molecule has 1 N–H and O–H groups in total. The van der Waals surface area contributed by atoms with Gasteiger partial charge in [-0.2, -0.15) is 0 Å². The molecule has 2 fully saturated rings. The Balaban J connectivity index is 1.97. The van der Waals surface area contributed by atoms with Crippen LogP contribution in [0, 0.1) is 0 Å². The van der Waals surface area contributed by atoms with Crippen molar-refractivity contribution in [2.24, 2.45) is 0 Å². The number of hydrogen-bond acceptors (Lipinski definition) is 4. The molecule has 1 aromatic heterocycles. The molecule has 1 aliphatic heterocycles. The van der Waals surface area contributed by atoms with Crippen LogP contribution in [0.5, 0.6) is 0 Å². The van der Waals surface area contributed by atoms with E-state index in [2.05, 4.69) is 22.1 Å². The fraction of sp³-hybridized carbons (Fsp3) is 0.750. The van der Waals surface area contributed by atoms with Gasteiger partial charge in [-0.15, -0.1) is 0 Å². The fourth-order valence-electron chi connectivity index (χ4n) is 3.87.